The lowest BCUT2D eigenvalue weighted by Crippen LogP contribution is -2.49. The second kappa shape index (κ2) is 3.12. The van der Waals surface area contributed by atoms with Crippen molar-refractivity contribution in [3.8, 4) is 0 Å². The number of fused-ring (bicyclic) bond motifs is 1. The molecule has 0 aromatic carbocycles. The predicted molar refractivity (Wildman–Crippen MR) is 64.3 cm³/mol. The lowest BCUT2D eigenvalue weighted by atomic mass is 10.1. The van der Waals surface area contributed by atoms with E-state index in [4.69, 9.17) is 0 Å². The van der Waals surface area contributed by atoms with Crippen molar-refractivity contribution in [2.45, 2.75) is 39.4 Å². The van der Waals surface area contributed by atoms with Crippen LogP contribution < -0.4 is 9.80 Å². The molecule has 0 amide bonds. The second-order valence-electron chi connectivity index (χ2n) is 5.13. The molecule has 15 heavy (non-hydrogen) atoms. The van der Waals surface area contributed by atoms with E-state index in [2.05, 4.69) is 55.6 Å². The van der Waals surface area contributed by atoms with Crippen molar-refractivity contribution in [1.29, 1.82) is 0 Å². The fourth-order valence-electron chi connectivity index (χ4n) is 2.28. The Morgan fingerprint density at radius 2 is 2.00 bits per heavy atom. The Morgan fingerprint density at radius 3 is 2.60 bits per heavy atom. The van der Waals surface area contributed by atoms with Crippen LogP contribution in [0.25, 0.3) is 0 Å². The lowest BCUT2D eigenvalue weighted by Gasteiger charge is -2.38. The molecule has 82 valence electrons. The molecule has 0 aliphatic carbocycles. The molecule has 0 bridgehead atoms. The van der Waals surface area contributed by atoms with E-state index in [0.29, 0.717) is 6.17 Å². The third kappa shape index (κ3) is 1.46. The molecular formula is C12H19N3. The molecule has 1 aliphatic heterocycles. The standard InChI is InChI=1S/C12H19N3/c1-9-14(5)10-7-6-8-13-11(10)15(9)12(2,3)4/h6-9H,1-5H3/t9-/m0/s1. The van der Waals surface area contributed by atoms with E-state index in [1.54, 1.807) is 0 Å². The molecule has 3 nitrogen and oxygen atoms in total. The maximum Gasteiger partial charge on any atom is 0.154 e. The fourth-order valence-corrected chi connectivity index (χ4v) is 2.28. The van der Waals surface area contributed by atoms with Gasteiger partial charge < -0.3 is 9.80 Å². The first-order chi connectivity index (χ1) is 6.93. The highest BCUT2D eigenvalue weighted by atomic mass is 15.4. The molecule has 1 aromatic rings. The average molecular weight is 205 g/mol. The topological polar surface area (TPSA) is 19.4 Å². The Balaban J connectivity index is 2.52. The van der Waals surface area contributed by atoms with E-state index in [1.165, 1.54) is 5.69 Å². The summed E-state index contributed by atoms with van der Waals surface area (Å²) in [6, 6.07) is 4.12. The van der Waals surface area contributed by atoms with E-state index >= 15 is 0 Å². The van der Waals surface area contributed by atoms with Gasteiger partial charge in [0.15, 0.2) is 5.82 Å². The number of hydrogen-bond donors (Lipinski definition) is 0. The van der Waals surface area contributed by atoms with Crippen LogP contribution in [-0.4, -0.2) is 23.7 Å². The Morgan fingerprint density at radius 1 is 1.33 bits per heavy atom. The quantitative estimate of drug-likeness (QED) is 0.648. The van der Waals surface area contributed by atoms with Gasteiger partial charge in [-0.3, -0.25) is 0 Å². The van der Waals surface area contributed by atoms with Crippen LogP contribution >= 0.6 is 0 Å². The Labute approximate surface area is 91.7 Å². The molecular weight excluding hydrogens is 186 g/mol. The van der Waals surface area contributed by atoms with Gasteiger partial charge in [-0.15, -0.1) is 0 Å². The average Bonchev–Trinajstić information content (AvgIpc) is 2.39. The van der Waals surface area contributed by atoms with Gasteiger partial charge in [-0.25, -0.2) is 4.98 Å². The number of hydrogen-bond acceptors (Lipinski definition) is 3. The van der Waals surface area contributed by atoms with E-state index in [0.717, 1.165) is 5.82 Å². The van der Waals surface area contributed by atoms with Crippen molar-refractivity contribution in [2.75, 3.05) is 16.8 Å². The molecule has 1 aromatic heterocycles. The molecule has 0 fully saturated rings. The number of nitrogens with zero attached hydrogens (tertiary/aromatic N) is 3. The van der Waals surface area contributed by atoms with Crippen molar-refractivity contribution >= 4 is 11.5 Å². The first kappa shape index (κ1) is 10.3. The number of rotatable bonds is 0. The highest BCUT2D eigenvalue weighted by molar-refractivity contribution is 5.74. The molecule has 0 N–H and O–H groups in total. The summed E-state index contributed by atoms with van der Waals surface area (Å²) >= 11 is 0. The molecule has 3 heteroatoms. The van der Waals surface area contributed by atoms with Crippen LogP contribution in [0.4, 0.5) is 11.5 Å². The summed E-state index contributed by atoms with van der Waals surface area (Å²) in [5, 5.41) is 0. The molecule has 2 rings (SSSR count). The maximum atomic E-state index is 4.49. The first-order valence-corrected chi connectivity index (χ1v) is 5.40. The minimum Gasteiger partial charge on any atom is -0.351 e. The summed E-state index contributed by atoms with van der Waals surface area (Å²) in [5.74, 6) is 1.10. The second-order valence-corrected chi connectivity index (χ2v) is 5.13. The number of pyridine rings is 1. The van der Waals surface area contributed by atoms with Gasteiger partial charge in [0.1, 0.15) is 6.17 Å². The van der Waals surface area contributed by atoms with Crippen LogP contribution in [0.1, 0.15) is 27.7 Å². The minimum absolute atomic E-state index is 0.104. The molecule has 0 saturated carbocycles. The molecule has 1 aliphatic rings. The van der Waals surface area contributed by atoms with E-state index in [9.17, 15) is 0 Å². The summed E-state index contributed by atoms with van der Waals surface area (Å²) in [6.07, 6.45) is 2.23. The molecule has 0 unspecified atom stereocenters. The highest BCUT2D eigenvalue weighted by Crippen LogP contribution is 2.40. The van der Waals surface area contributed by atoms with Gasteiger partial charge >= 0.3 is 0 Å². The zero-order valence-electron chi connectivity index (χ0n) is 10.2. The van der Waals surface area contributed by atoms with Gasteiger partial charge in [-0.05, 0) is 39.8 Å². The van der Waals surface area contributed by atoms with Crippen LogP contribution in [0.3, 0.4) is 0 Å². The van der Waals surface area contributed by atoms with Crippen molar-refractivity contribution in [1.82, 2.24) is 4.98 Å². The minimum atomic E-state index is 0.104. The smallest absolute Gasteiger partial charge is 0.154 e. The van der Waals surface area contributed by atoms with Gasteiger partial charge in [-0.2, -0.15) is 0 Å². The van der Waals surface area contributed by atoms with Crippen LogP contribution in [0.2, 0.25) is 0 Å². The zero-order valence-corrected chi connectivity index (χ0v) is 10.2. The maximum absolute atomic E-state index is 4.49. The van der Waals surface area contributed by atoms with E-state index in [1.807, 2.05) is 12.3 Å². The molecule has 0 saturated heterocycles. The van der Waals surface area contributed by atoms with Gasteiger partial charge in [0.05, 0.1) is 5.69 Å². The first-order valence-electron chi connectivity index (χ1n) is 5.40. The van der Waals surface area contributed by atoms with Gasteiger partial charge in [0.25, 0.3) is 0 Å². The highest BCUT2D eigenvalue weighted by Gasteiger charge is 2.37. The van der Waals surface area contributed by atoms with Crippen molar-refractivity contribution < 1.29 is 0 Å². The van der Waals surface area contributed by atoms with Crippen molar-refractivity contribution in [2.24, 2.45) is 0 Å². The van der Waals surface area contributed by atoms with Gasteiger partial charge in [0.2, 0.25) is 0 Å². The largest absolute Gasteiger partial charge is 0.351 e. The summed E-state index contributed by atoms with van der Waals surface area (Å²) in [4.78, 5) is 9.13. The van der Waals surface area contributed by atoms with Crippen LogP contribution in [-0.2, 0) is 0 Å². The van der Waals surface area contributed by atoms with Gasteiger partial charge in [-0.1, -0.05) is 0 Å². The molecule has 2 heterocycles. The Hall–Kier alpha value is -1.25. The Bertz CT molecular complexity index is 367. The third-order valence-corrected chi connectivity index (χ3v) is 3.03. The molecule has 0 radical (unpaired) electrons. The molecule has 1 atom stereocenters. The zero-order chi connectivity index (χ0) is 11.2. The summed E-state index contributed by atoms with van der Waals surface area (Å²) in [5.41, 5.74) is 1.33. The number of anilines is 2. The van der Waals surface area contributed by atoms with Crippen LogP contribution in [0.15, 0.2) is 18.3 Å². The van der Waals surface area contributed by atoms with E-state index < -0.39 is 0 Å². The predicted octanol–water partition coefficient (Wildman–Crippen LogP) is 2.48. The van der Waals surface area contributed by atoms with Crippen LogP contribution in [0.5, 0.6) is 0 Å². The van der Waals surface area contributed by atoms with Crippen LogP contribution in [0, 0.1) is 0 Å². The molecule has 0 spiro atoms. The third-order valence-electron chi connectivity index (χ3n) is 3.03. The van der Waals surface area contributed by atoms with E-state index in [-0.39, 0.29) is 5.54 Å². The summed E-state index contributed by atoms with van der Waals surface area (Å²) < 4.78 is 0. The van der Waals surface area contributed by atoms with Gasteiger partial charge in [0, 0.05) is 18.8 Å². The summed E-state index contributed by atoms with van der Waals surface area (Å²) in [7, 11) is 2.12. The SMILES string of the molecule is C[C@H]1N(C)c2cccnc2N1C(C)(C)C. The summed E-state index contributed by atoms with van der Waals surface area (Å²) in [6.45, 7) is 8.89. The number of aromatic nitrogens is 1. The normalized spacial score (nSPS) is 20.7. The van der Waals surface area contributed by atoms with Crippen molar-refractivity contribution in [3.05, 3.63) is 18.3 Å². The Kier molecular flexibility index (Phi) is 2.14. The fraction of sp³-hybridized carbons (Fsp3) is 0.583. The van der Waals surface area contributed by atoms with Crippen molar-refractivity contribution in [3.63, 3.8) is 0 Å². The monoisotopic (exact) mass is 205 g/mol. The lowest BCUT2D eigenvalue weighted by molar-refractivity contribution is 0.460.